The number of non-ortho nitro benzene ring substituents is 1. The molecule has 1 fully saturated rings. The van der Waals surface area contributed by atoms with Crippen molar-refractivity contribution < 1.29 is 18.9 Å². The third kappa shape index (κ3) is 3.28. The zero-order valence-electron chi connectivity index (χ0n) is 14.4. The average Bonchev–Trinajstić information content (AvgIpc) is 3.12. The molecule has 3 rings (SSSR count). The van der Waals surface area contributed by atoms with Crippen LogP contribution in [0, 0.1) is 17.0 Å². The predicted octanol–water partition coefficient (Wildman–Crippen LogP) is 4.61. The Kier molecular flexibility index (Phi) is 4.69. The highest BCUT2D eigenvalue weighted by atomic mass is 32.2. The van der Waals surface area contributed by atoms with Gasteiger partial charge >= 0.3 is 0 Å². The number of nitrogens with zero attached hydrogens (tertiary/aromatic N) is 2. The molecule has 0 radical (unpaired) electrons. The van der Waals surface area contributed by atoms with Crippen molar-refractivity contribution in [3.05, 3.63) is 56.7 Å². The molecule has 134 valence electrons. The molecule has 1 aliphatic heterocycles. The lowest BCUT2D eigenvalue weighted by molar-refractivity contribution is -0.384. The number of benzene rings is 1. The van der Waals surface area contributed by atoms with Crippen molar-refractivity contribution in [2.24, 2.45) is 0 Å². The van der Waals surface area contributed by atoms with Crippen LogP contribution in [0.4, 0.5) is 10.5 Å². The van der Waals surface area contributed by atoms with Crippen molar-refractivity contribution in [2.75, 3.05) is 0 Å². The largest absolute Gasteiger partial charge is 0.457 e. The van der Waals surface area contributed by atoms with E-state index in [-0.39, 0.29) is 22.9 Å². The molecule has 0 unspecified atom stereocenters. The number of furan rings is 1. The molecule has 7 nitrogen and oxygen atoms in total. The standard InChI is InChI=1S/C18H16N2O5S/c1-10(2)19-17(21)16(26-18(19)22)9-13-6-7-15(25-13)14-8-12(20(23)24)5-4-11(14)3/h4-10H,1-3H3/b16-9+. The molecule has 2 aromatic rings. The van der Waals surface area contributed by atoms with Crippen LogP contribution in [0.5, 0.6) is 0 Å². The van der Waals surface area contributed by atoms with Gasteiger partial charge in [0.05, 0.1) is 9.83 Å². The van der Waals surface area contributed by atoms with E-state index in [2.05, 4.69) is 0 Å². The van der Waals surface area contributed by atoms with Crippen molar-refractivity contribution in [1.29, 1.82) is 0 Å². The number of thioether (sulfide) groups is 1. The van der Waals surface area contributed by atoms with Crippen LogP contribution in [0.2, 0.25) is 0 Å². The van der Waals surface area contributed by atoms with E-state index in [0.29, 0.717) is 22.0 Å². The molecule has 2 heterocycles. The average molecular weight is 372 g/mol. The number of carbonyl (C=O) groups is 2. The predicted molar refractivity (Wildman–Crippen MR) is 98.5 cm³/mol. The number of aryl methyl sites for hydroxylation is 1. The summed E-state index contributed by atoms with van der Waals surface area (Å²) in [5, 5.41) is 10.7. The lowest BCUT2D eigenvalue weighted by Crippen LogP contribution is -2.34. The molecule has 26 heavy (non-hydrogen) atoms. The fourth-order valence-electron chi connectivity index (χ4n) is 2.62. The highest BCUT2D eigenvalue weighted by Gasteiger charge is 2.36. The van der Waals surface area contributed by atoms with Crippen molar-refractivity contribution in [1.82, 2.24) is 4.90 Å². The maximum absolute atomic E-state index is 12.3. The normalized spacial score (nSPS) is 16.2. The Bertz CT molecular complexity index is 945. The highest BCUT2D eigenvalue weighted by Crippen LogP contribution is 2.35. The quantitative estimate of drug-likeness (QED) is 0.442. The van der Waals surface area contributed by atoms with E-state index in [9.17, 15) is 19.7 Å². The Morgan fingerprint density at radius 3 is 2.58 bits per heavy atom. The second kappa shape index (κ2) is 6.80. The van der Waals surface area contributed by atoms with Gasteiger partial charge in [0.2, 0.25) is 0 Å². The van der Waals surface area contributed by atoms with Gasteiger partial charge in [0.1, 0.15) is 11.5 Å². The number of imide groups is 1. The molecule has 2 amide bonds. The smallest absolute Gasteiger partial charge is 0.293 e. The van der Waals surface area contributed by atoms with Crippen molar-refractivity contribution >= 4 is 34.7 Å². The van der Waals surface area contributed by atoms with E-state index in [1.807, 2.05) is 6.92 Å². The summed E-state index contributed by atoms with van der Waals surface area (Å²) < 4.78 is 5.73. The van der Waals surface area contributed by atoms with Gasteiger partial charge in [-0.25, -0.2) is 0 Å². The Morgan fingerprint density at radius 1 is 1.23 bits per heavy atom. The molecule has 0 saturated carbocycles. The molecule has 1 aromatic heterocycles. The van der Waals surface area contributed by atoms with Crippen LogP contribution in [-0.2, 0) is 4.79 Å². The minimum Gasteiger partial charge on any atom is -0.457 e. The Hall–Kier alpha value is -2.87. The van der Waals surface area contributed by atoms with E-state index >= 15 is 0 Å². The van der Waals surface area contributed by atoms with E-state index in [1.165, 1.54) is 23.1 Å². The topological polar surface area (TPSA) is 93.7 Å². The summed E-state index contributed by atoms with van der Waals surface area (Å²) in [5.74, 6) is 0.514. The fraction of sp³-hybridized carbons (Fsp3) is 0.222. The first kappa shape index (κ1) is 17.9. The minimum absolute atomic E-state index is 0.0263. The number of carbonyl (C=O) groups excluding carboxylic acids is 2. The Morgan fingerprint density at radius 2 is 1.96 bits per heavy atom. The lowest BCUT2D eigenvalue weighted by atomic mass is 10.1. The number of nitro benzene ring substituents is 1. The molecular formula is C18H16N2O5S. The number of nitro groups is 1. The molecule has 0 spiro atoms. The van der Waals surface area contributed by atoms with E-state index in [0.717, 1.165) is 17.3 Å². The van der Waals surface area contributed by atoms with Gasteiger partial charge in [-0.15, -0.1) is 0 Å². The Balaban J connectivity index is 1.92. The van der Waals surface area contributed by atoms with Crippen molar-refractivity contribution in [2.45, 2.75) is 26.8 Å². The minimum atomic E-state index is -0.464. The fourth-order valence-corrected chi connectivity index (χ4v) is 3.56. The summed E-state index contributed by atoms with van der Waals surface area (Å²) in [6.45, 7) is 5.38. The molecule has 1 saturated heterocycles. The van der Waals surface area contributed by atoms with Crippen LogP contribution in [0.25, 0.3) is 17.4 Å². The Labute approximate surface area is 153 Å². The summed E-state index contributed by atoms with van der Waals surface area (Å²) >= 11 is 0.869. The van der Waals surface area contributed by atoms with Gasteiger partial charge < -0.3 is 4.42 Å². The maximum Gasteiger partial charge on any atom is 0.293 e. The first-order chi connectivity index (χ1) is 12.3. The molecule has 0 aliphatic carbocycles. The van der Waals surface area contributed by atoms with Gasteiger partial charge in [-0.2, -0.15) is 0 Å². The van der Waals surface area contributed by atoms with Gasteiger partial charge in [-0.3, -0.25) is 24.6 Å². The second-order valence-corrected chi connectivity index (χ2v) is 7.10. The van der Waals surface area contributed by atoms with E-state index in [4.69, 9.17) is 4.42 Å². The second-order valence-electron chi connectivity index (χ2n) is 6.10. The van der Waals surface area contributed by atoms with Crippen molar-refractivity contribution in [3.63, 3.8) is 0 Å². The monoisotopic (exact) mass is 372 g/mol. The van der Waals surface area contributed by atoms with Gasteiger partial charge in [-0.05, 0) is 50.2 Å². The van der Waals surface area contributed by atoms with Gasteiger partial charge in [0.15, 0.2) is 0 Å². The molecule has 1 aliphatic rings. The molecule has 0 atom stereocenters. The van der Waals surface area contributed by atoms with Crippen LogP contribution in [0.15, 0.2) is 39.7 Å². The molecule has 8 heteroatoms. The van der Waals surface area contributed by atoms with E-state index in [1.54, 1.807) is 32.0 Å². The summed E-state index contributed by atoms with van der Waals surface area (Å²) in [6, 6.07) is 7.67. The summed E-state index contributed by atoms with van der Waals surface area (Å²) in [7, 11) is 0. The van der Waals surface area contributed by atoms with Crippen LogP contribution >= 0.6 is 11.8 Å². The first-order valence-corrected chi connectivity index (χ1v) is 8.72. The number of rotatable bonds is 4. The zero-order chi connectivity index (χ0) is 19.0. The number of hydrogen-bond donors (Lipinski definition) is 0. The van der Waals surface area contributed by atoms with Gasteiger partial charge in [0.25, 0.3) is 16.8 Å². The van der Waals surface area contributed by atoms with Crippen LogP contribution < -0.4 is 0 Å². The van der Waals surface area contributed by atoms with E-state index < -0.39 is 4.92 Å². The third-order valence-electron chi connectivity index (χ3n) is 3.94. The highest BCUT2D eigenvalue weighted by molar-refractivity contribution is 8.18. The summed E-state index contributed by atoms with van der Waals surface area (Å²) in [6.07, 6.45) is 1.52. The number of hydrogen-bond acceptors (Lipinski definition) is 6. The molecule has 1 aromatic carbocycles. The molecule has 0 N–H and O–H groups in total. The van der Waals surface area contributed by atoms with Crippen molar-refractivity contribution in [3.8, 4) is 11.3 Å². The van der Waals surface area contributed by atoms with Gasteiger partial charge in [0, 0.05) is 29.8 Å². The summed E-state index contributed by atoms with van der Waals surface area (Å²) in [5.41, 5.74) is 1.41. The third-order valence-corrected chi connectivity index (χ3v) is 4.82. The summed E-state index contributed by atoms with van der Waals surface area (Å²) in [4.78, 5) is 36.2. The van der Waals surface area contributed by atoms with Crippen LogP contribution in [0.1, 0.15) is 25.2 Å². The molecular weight excluding hydrogens is 356 g/mol. The van der Waals surface area contributed by atoms with Crippen LogP contribution in [0.3, 0.4) is 0 Å². The van der Waals surface area contributed by atoms with Crippen LogP contribution in [-0.4, -0.2) is 27.0 Å². The maximum atomic E-state index is 12.3. The van der Waals surface area contributed by atoms with Gasteiger partial charge in [-0.1, -0.05) is 6.07 Å². The lowest BCUT2D eigenvalue weighted by Gasteiger charge is -2.16. The first-order valence-electron chi connectivity index (χ1n) is 7.90. The number of amides is 2. The zero-order valence-corrected chi connectivity index (χ0v) is 15.2. The SMILES string of the molecule is Cc1ccc([N+](=O)[O-])cc1-c1ccc(/C=C2/SC(=O)N(C(C)C)C2=O)o1. The molecule has 0 bridgehead atoms.